The van der Waals surface area contributed by atoms with Crippen LogP contribution in [0.3, 0.4) is 0 Å². The van der Waals surface area contributed by atoms with E-state index in [4.69, 9.17) is 27.9 Å². The number of hydrogen-bond donors (Lipinski definition) is 0. The molecular formula is C14H16Cl2O4. The maximum Gasteiger partial charge on any atom is 0.305 e. The zero-order chi connectivity index (χ0) is 15.3. The van der Waals surface area contributed by atoms with Crippen molar-refractivity contribution in [2.45, 2.75) is 32.8 Å². The van der Waals surface area contributed by atoms with Crippen molar-refractivity contribution in [2.24, 2.45) is 0 Å². The number of ketones is 1. The van der Waals surface area contributed by atoms with Crippen molar-refractivity contribution in [1.82, 2.24) is 0 Å². The molecule has 0 amide bonds. The van der Waals surface area contributed by atoms with Crippen LogP contribution in [0.2, 0.25) is 10.0 Å². The van der Waals surface area contributed by atoms with Gasteiger partial charge in [-0.2, -0.15) is 0 Å². The van der Waals surface area contributed by atoms with E-state index in [9.17, 15) is 9.59 Å². The molecule has 0 spiro atoms. The Kier molecular flexibility index (Phi) is 6.30. The molecule has 110 valence electrons. The van der Waals surface area contributed by atoms with Gasteiger partial charge in [0.2, 0.25) is 0 Å². The first-order chi connectivity index (χ1) is 9.35. The maximum atomic E-state index is 12.1. The van der Waals surface area contributed by atoms with Gasteiger partial charge in [-0.05, 0) is 19.9 Å². The summed E-state index contributed by atoms with van der Waals surface area (Å²) in [5.74, 6) is -0.321. The minimum Gasteiger partial charge on any atom is -0.490 e. The topological polar surface area (TPSA) is 52.6 Å². The summed E-state index contributed by atoms with van der Waals surface area (Å²) >= 11 is 11.9. The highest BCUT2D eigenvalue weighted by molar-refractivity contribution is 6.42. The van der Waals surface area contributed by atoms with Gasteiger partial charge in [0.15, 0.2) is 5.78 Å². The van der Waals surface area contributed by atoms with Gasteiger partial charge in [0.05, 0.1) is 35.2 Å². The van der Waals surface area contributed by atoms with Gasteiger partial charge in [-0.25, -0.2) is 0 Å². The summed E-state index contributed by atoms with van der Waals surface area (Å²) in [5.41, 5.74) is 0.317. The lowest BCUT2D eigenvalue weighted by Crippen LogP contribution is -2.11. The predicted molar refractivity (Wildman–Crippen MR) is 77.8 cm³/mol. The van der Waals surface area contributed by atoms with E-state index in [1.54, 1.807) is 0 Å². The Labute approximate surface area is 128 Å². The fourth-order valence-electron chi connectivity index (χ4n) is 1.55. The van der Waals surface area contributed by atoms with Gasteiger partial charge in [-0.3, -0.25) is 9.59 Å². The molecule has 0 heterocycles. The molecule has 0 aromatic heterocycles. The monoisotopic (exact) mass is 318 g/mol. The number of halogens is 2. The van der Waals surface area contributed by atoms with E-state index < -0.39 is 5.97 Å². The molecule has 6 heteroatoms. The molecule has 0 saturated carbocycles. The van der Waals surface area contributed by atoms with E-state index in [-0.39, 0.29) is 29.8 Å². The summed E-state index contributed by atoms with van der Waals surface area (Å²) < 4.78 is 10.1. The second kappa shape index (κ2) is 7.50. The second-order valence-corrected chi connectivity index (χ2v) is 5.24. The lowest BCUT2D eigenvalue weighted by Gasteiger charge is -2.14. The number of hydrogen-bond acceptors (Lipinski definition) is 4. The van der Waals surface area contributed by atoms with E-state index in [0.29, 0.717) is 16.3 Å². The van der Waals surface area contributed by atoms with E-state index >= 15 is 0 Å². The summed E-state index contributed by atoms with van der Waals surface area (Å²) in [6.45, 7) is 3.68. The third-order valence-corrected chi connectivity index (χ3v) is 3.19. The molecule has 0 atom stereocenters. The van der Waals surface area contributed by atoms with E-state index in [2.05, 4.69) is 4.74 Å². The zero-order valence-corrected chi connectivity index (χ0v) is 13.0. The number of carbonyl (C=O) groups excluding carboxylic acids is 2. The Morgan fingerprint density at radius 1 is 1.15 bits per heavy atom. The fourth-order valence-corrected chi connectivity index (χ4v) is 1.87. The Morgan fingerprint density at radius 3 is 2.30 bits per heavy atom. The Hall–Kier alpha value is -1.26. The van der Waals surface area contributed by atoms with Crippen molar-refractivity contribution in [3.63, 3.8) is 0 Å². The first-order valence-electron chi connectivity index (χ1n) is 6.10. The SMILES string of the molecule is COC(=O)CCC(=O)c1cc(Cl)c(Cl)cc1OC(C)C. The molecule has 1 aromatic rings. The quantitative estimate of drug-likeness (QED) is 0.589. The maximum absolute atomic E-state index is 12.1. The molecule has 0 fully saturated rings. The third-order valence-electron chi connectivity index (χ3n) is 2.47. The van der Waals surface area contributed by atoms with Crippen molar-refractivity contribution in [2.75, 3.05) is 7.11 Å². The summed E-state index contributed by atoms with van der Waals surface area (Å²) in [6.07, 6.45) is -0.0742. The Balaban J connectivity index is 2.99. The van der Waals surface area contributed by atoms with Crippen LogP contribution in [0.15, 0.2) is 12.1 Å². The van der Waals surface area contributed by atoms with E-state index in [1.165, 1.54) is 19.2 Å². The Bertz CT molecular complexity index is 512. The molecule has 0 aliphatic rings. The van der Waals surface area contributed by atoms with Crippen LogP contribution in [-0.2, 0) is 9.53 Å². The number of Topliss-reactive ketones (excluding diaryl/α,β-unsaturated/α-hetero) is 1. The van der Waals surface area contributed by atoms with Crippen LogP contribution in [-0.4, -0.2) is 25.0 Å². The van der Waals surface area contributed by atoms with Crippen LogP contribution in [0, 0.1) is 0 Å². The molecular weight excluding hydrogens is 303 g/mol. The lowest BCUT2D eigenvalue weighted by atomic mass is 10.1. The van der Waals surface area contributed by atoms with Gasteiger partial charge in [-0.15, -0.1) is 0 Å². The van der Waals surface area contributed by atoms with Crippen molar-refractivity contribution in [1.29, 1.82) is 0 Å². The first kappa shape index (κ1) is 16.8. The van der Waals surface area contributed by atoms with Gasteiger partial charge in [0.25, 0.3) is 0 Å². The number of carbonyl (C=O) groups is 2. The van der Waals surface area contributed by atoms with Crippen molar-refractivity contribution >= 4 is 35.0 Å². The molecule has 0 N–H and O–H groups in total. The molecule has 0 radical (unpaired) electrons. The minimum absolute atomic E-state index is 0.0106. The van der Waals surface area contributed by atoms with Crippen LogP contribution in [0.1, 0.15) is 37.0 Å². The number of methoxy groups -OCH3 is 1. The summed E-state index contributed by atoms with van der Waals surface area (Å²) in [6, 6.07) is 2.97. The molecule has 0 aliphatic heterocycles. The van der Waals surface area contributed by atoms with Crippen LogP contribution >= 0.6 is 23.2 Å². The number of esters is 1. The molecule has 0 unspecified atom stereocenters. The average molecular weight is 319 g/mol. The summed E-state index contributed by atoms with van der Waals surface area (Å²) in [4.78, 5) is 23.2. The van der Waals surface area contributed by atoms with Crippen molar-refractivity contribution < 1.29 is 19.1 Å². The summed E-state index contributed by atoms with van der Waals surface area (Å²) in [5, 5.41) is 0.580. The molecule has 1 rings (SSSR count). The number of ether oxygens (including phenoxy) is 2. The number of benzene rings is 1. The van der Waals surface area contributed by atoms with Gasteiger partial charge in [0.1, 0.15) is 5.75 Å². The molecule has 0 aliphatic carbocycles. The third kappa shape index (κ3) is 4.69. The first-order valence-corrected chi connectivity index (χ1v) is 6.86. The van der Waals surface area contributed by atoms with Crippen LogP contribution in [0.4, 0.5) is 0 Å². The predicted octanol–water partition coefficient (Wildman–Crippen LogP) is 3.92. The molecule has 0 saturated heterocycles. The van der Waals surface area contributed by atoms with Gasteiger partial charge in [0, 0.05) is 12.5 Å². The van der Waals surface area contributed by atoms with E-state index in [1.807, 2.05) is 13.8 Å². The van der Waals surface area contributed by atoms with Crippen LogP contribution in [0.25, 0.3) is 0 Å². The average Bonchev–Trinajstić information content (AvgIpc) is 2.38. The highest BCUT2D eigenvalue weighted by Crippen LogP contribution is 2.32. The molecule has 1 aromatic carbocycles. The Morgan fingerprint density at radius 2 is 1.75 bits per heavy atom. The summed E-state index contributed by atoms with van der Waals surface area (Å²) in [7, 11) is 1.28. The standard InChI is InChI=1S/C14H16Cl2O4/c1-8(2)20-13-7-11(16)10(15)6-9(13)12(17)4-5-14(18)19-3/h6-8H,4-5H2,1-3H3. The van der Waals surface area contributed by atoms with Crippen molar-refractivity contribution in [3.05, 3.63) is 27.7 Å². The molecule has 20 heavy (non-hydrogen) atoms. The largest absolute Gasteiger partial charge is 0.490 e. The van der Waals surface area contributed by atoms with Crippen LogP contribution in [0.5, 0.6) is 5.75 Å². The molecule has 4 nitrogen and oxygen atoms in total. The van der Waals surface area contributed by atoms with Crippen molar-refractivity contribution in [3.8, 4) is 5.75 Å². The molecule has 0 bridgehead atoms. The van der Waals surface area contributed by atoms with E-state index in [0.717, 1.165) is 0 Å². The van der Waals surface area contributed by atoms with Gasteiger partial charge in [-0.1, -0.05) is 23.2 Å². The van der Waals surface area contributed by atoms with Gasteiger partial charge < -0.3 is 9.47 Å². The van der Waals surface area contributed by atoms with Gasteiger partial charge >= 0.3 is 5.97 Å². The normalized spacial score (nSPS) is 10.5. The minimum atomic E-state index is -0.440. The zero-order valence-electron chi connectivity index (χ0n) is 11.5. The lowest BCUT2D eigenvalue weighted by molar-refractivity contribution is -0.140. The second-order valence-electron chi connectivity index (χ2n) is 4.43. The highest BCUT2D eigenvalue weighted by Gasteiger charge is 2.17. The highest BCUT2D eigenvalue weighted by atomic mass is 35.5. The number of rotatable bonds is 6. The smallest absolute Gasteiger partial charge is 0.305 e. The fraction of sp³-hybridized carbons (Fsp3) is 0.429. The van der Waals surface area contributed by atoms with Crippen LogP contribution < -0.4 is 4.74 Å².